The van der Waals surface area contributed by atoms with Gasteiger partial charge in [-0.25, -0.2) is 9.97 Å². The standard InChI is InChI=1S/C16H23N5OS/c1-4-17-15(22)13-11(3)12-14(18-10-19-16(12)23-13)21-8-6-20(5-2)7-9-21/h10H,4-9H2,1-3H3,(H,17,22). The predicted octanol–water partition coefficient (Wildman–Crippen LogP) is 1.89. The van der Waals surface area contributed by atoms with E-state index in [0.29, 0.717) is 6.54 Å². The van der Waals surface area contributed by atoms with Crippen LogP contribution in [0, 0.1) is 6.92 Å². The summed E-state index contributed by atoms with van der Waals surface area (Å²) in [5.41, 5.74) is 0.990. The van der Waals surface area contributed by atoms with Gasteiger partial charge >= 0.3 is 0 Å². The van der Waals surface area contributed by atoms with Crippen LogP contribution in [0.5, 0.6) is 0 Å². The van der Waals surface area contributed by atoms with Crippen molar-refractivity contribution in [2.24, 2.45) is 0 Å². The topological polar surface area (TPSA) is 61.4 Å². The molecular formula is C16H23N5OS. The highest BCUT2D eigenvalue weighted by molar-refractivity contribution is 7.20. The second-order valence-corrected chi connectivity index (χ2v) is 6.71. The minimum absolute atomic E-state index is 0.0187. The summed E-state index contributed by atoms with van der Waals surface area (Å²) in [5.74, 6) is 0.949. The molecule has 1 saturated heterocycles. The van der Waals surface area contributed by atoms with Gasteiger partial charge in [0.2, 0.25) is 0 Å². The van der Waals surface area contributed by atoms with Gasteiger partial charge in [-0.1, -0.05) is 6.92 Å². The number of aromatic nitrogens is 2. The summed E-state index contributed by atoms with van der Waals surface area (Å²) in [7, 11) is 0. The largest absolute Gasteiger partial charge is 0.353 e. The van der Waals surface area contributed by atoms with Crippen LogP contribution in [-0.4, -0.2) is 60.0 Å². The van der Waals surface area contributed by atoms with Gasteiger partial charge < -0.3 is 15.1 Å². The SMILES string of the molecule is CCNC(=O)c1sc2ncnc(N3CCN(CC)CC3)c2c1C. The third-order valence-corrected chi connectivity index (χ3v) is 5.57. The fraction of sp³-hybridized carbons (Fsp3) is 0.562. The number of aryl methyl sites for hydroxylation is 1. The highest BCUT2D eigenvalue weighted by Gasteiger charge is 2.23. The molecule has 6 nitrogen and oxygen atoms in total. The Bertz CT molecular complexity index is 706. The lowest BCUT2D eigenvalue weighted by Gasteiger charge is -2.35. The van der Waals surface area contributed by atoms with Crippen molar-refractivity contribution >= 4 is 33.3 Å². The van der Waals surface area contributed by atoms with E-state index in [1.807, 2.05) is 13.8 Å². The fourth-order valence-corrected chi connectivity index (χ4v) is 4.09. The van der Waals surface area contributed by atoms with Crippen molar-refractivity contribution in [2.45, 2.75) is 20.8 Å². The summed E-state index contributed by atoms with van der Waals surface area (Å²) in [5, 5.41) is 3.91. The minimum Gasteiger partial charge on any atom is -0.353 e. The monoisotopic (exact) mass is 333 g/mol. The number of nitrogens with zero attached hydrogens (tertiary/aromatic N) is 4. The van der Waals surface area contributed by atoms with Gasteiger partial charge in [-0.05, 0) is 26.0 Å². The van der Waals surface area contributed by atoms with Gasteiger partial charge in [-0.3, -0.25) is 4.79 Å². The number of likely N-dealkylation sites (N-methyl/N-ethyl adjacent to an activating group) is 1. The van der Waals surface area contributed by atoms with Gasteiger partial charge in [0.15, 0.2) is 0 Å². The number of hydrogen-bond donors (Lipinski definition) is 1. The Morgan fingerprint density at radius 1 is 1.26 bits per heavy atom. The van der Waals surface area contributed by atoms with Gasteiger partial charge in [0.05, 0.1) is 10.3 Å². The lowest BCUT2D eigenvalue weighted by atomic mass is 10.1. The number of fused-ring (bicyclic) bond motifs is 1. The zero-order valence-electron chi connectivity index (χ0n) is 13.9. The molecule has 0 saturated carbocycles. The highest BCUT2D eigenvalue weighted by Crippen LogP contribution is 2.35. The molecule has 1 N–H and O–H groups in total. The third kappa shape index (κ3) is 3.03. The van der Waals surface area contributed by atoms with Crippen LogP contribution in [0.3, 0.4) is 0 Å². The first kappa shape index (κ1) is 16.1. The van der Waals surface area contributed by atoms with Gasteiger partial charge in [0.25, 0.3) is 5.91 Å². The molecule has 0 aliphatic carbocycles. The zero-order valence-corrected chi connectivity index (χ0v) is 14.7. The van der Waals surface area contributed by atoms with Crippen molar-refractivity contribution in [3.8, 4) is 0 Å². The Hall–Kier alpha value is -1.73. The molecule has 3 rings (SSSR count). The molecule has 0 spiro atoms. The molecular weight excluding hydrogens is 310 g/mol. The van der Waals surface area contributed by atoms with Gasteiger partial charge in [-0.2, -0.15) is 0 Å². The number of hydrogen-bond acceptors (Lipinski definition) is 6. The first-order valence-corrected chi connectivity index (χ1v) is 8.96. The number of piperazine rings is 1. The third-order valence-electron chi connectivity index (χ3n) is 4.37. The van der Waals surface area contributed by atoms with Crippen molar-refractivity contribution in [1.29, 1.82) is 0 Å². The Morgan fingerprint density at radius 2 is 2.00 bits per heavy atom. The molecule has 0 bridgehead atoms. The molecule has 1 aliphatic heterocycles. The lowest BCUT2D eigenvalue weighted by Crippen LogP contribution is -2.46. The van der Waals surface area contributed by atoms with Gasteiger partial charge in [0, 0.05) is 32.7 Å². The Labute approximate surface area is 140 Å². The molecule has 2 aromatic heterocycles. The summed E-state index contributed by atoms with van der Waals surface area (Å²) in [4.78, 5) is 27.5. The van der Waals surface area contributed by atoms with E-state index < -0.39 is 0 Å². The van der Waals surface area contributed by atoms with Crippen LogP contribution in [0.15, 0.2) is 6.33 Å². The van der Waals surface area contributed by atoms with E-state index >= 15 is 0 Å². The van der Waals surface area contributed by atoms with E-state index in [4.69, 9.17) is 0 Å². The molecule has 1 amide bonds. The van der Waals surface area contributed by atoms with E-state index in [1.165, 1.54) is 11.3 Å². The lowest BCUT2D eigenvalue weighted by molar-refractivity contribution is 0.0959. The fourth-order valence-electron chi connectivity index (χ4n) is 3.03. The summed E-state index contributed by atoms with van der Waals surface area (Å²) < 4.78 is 0. The van der Waals surface area contributed by atoms with Gasteiger partial charge in [-0.15, -0.1) is 11.3 Å². The van der Waals surface area contributed by atoms with Crippen molar-refractivity contribution in [2.75, 3.05) is 44.2 Å². The first-order chi connectivity index (χ1) is 11.2. The molecule has 1 aliphatic rings. The maximum absolute atomic E-state index is 12.2. The first-order valence-electron chi connectivity index (χ1n) is 8.15. The number of carbonyl (C=O) groups excluding carboxylic acids is 1. The van der Waals surface area contributed by atoms with Crippen LogP contribution < -0.4 is 10.2 Å². The molecule has 0 atom stereocenters. The maximum Gasteiger partial charge on any atom is 0.261 e. The maximum atomic E-state index is 12.2. The quantitative estimate of drug-likeness (QED) is 0.926. The van der Waals surface area contributed by atoms with Gasteiger partial charge in [0.1, 0.15) is 17.0 Å². The van der Waals surface area contributed by atoms with E-state index in [2.05, 4.69) is 32.0 Å². The molecule has 0 unspecified atom stereocenters. The van der Waals surface area contributed by atoms with Crippen LogP contribution in [-0.2, 0) is 0 Å². The number of nitrogens with one attached hydrogen (secondary N) is 1. The molecule has 0 radical (unpaired) electrons. The smallest absolute Gasteiger partial charge is 0.261 e. The van der Waals surface area contributed by atoms with Crippen LogP contribution in [0.25, 0.3) is 10.2 Å². The number of thiophene rings is 1. The average molecular weight is 333 g/mol. The van der Waals surface area contributed by atoms with Crippen molar-refractivity contribution < 1.29 is 4.79 Å². The van der Waals surface area contributed by atoms with Crippen molar-refractivity contribution in [3.63, 3.8) is 0 Å². The van der Waals surface area contributed by atoms with Crippen LogP contribution >= 0.6 is 11.3 Å². The van der Waals surface area contributed by atoms with Crippen LogP contribution in [0.1, 0.15) is 29.1 Å². The average Bonchev–Trinajstić information content (AvgIpc) is 2.92. The predicted molar refractivity (Wildman–Crippen MR) is 94.5 cm³/mol. The van der Waals surface area contributed by atoms with Crippen LogP contribution in [0.2, 0.25) is 0 Å². The number of anilines is 1. The molecule has 3 heterocycles. The van der Waals surface area contributed by atoms with Crippen molar-refractivity contribution in [1.82, 2.24) is 20.2 Å². The summed E-state index contributed by atoms with van der Waals surface area (Å²) in [6, 6.07) is 0. The number of rotatable bonds is 4. The Kier molecular flexibility index (Phi) is 4.77. The zero-order chi connectivity index (χ0) is 16.4. The van der Waals surface area contributed by atoms with Crippen LogP contribution in [0.4, 0.5) is 5.82 Å². The van der Waals surface area contributed by atoms with E-state index in [-0.39, 0.29) is 5.91 Å². The number of amides is 1. The van der Waals surface area contributed by atoms with E-state index in [1.54, 1.807) is 6.33 Å². The minimum atomic E-state index is -0.0187. The summed E-state index contributed by atoms with van der Waals surface area (Å²) in [6.07, 6.45) is 1.61. The van der Waals surface area contributed by atoms with E-state index in [0.717, 1.165) is 59.2 Å². The van der Waals surface area contributed by atoms with E-state index in [9.17, 15) is 4.79 Å². The molecule has 2 aromatic rings. The van der Waals surface area contributed by atoms with Crippen molar-refractivity contribution in [3.05, 3.63) is 16.8 Å². The molecule has 7 heteroatoms. The molecule has 1 fully saturated rings. The number of carbonyl (C=O) groups is 1. The molecule has 124 valence electrons. The molecule has 23 heavy (non-hydrogen) atoms. The Morgan fingerprint density at radius 3 is 2.65 bits per heavy atom. The second-order valence-electron chi connectivity index (χ2n) is 5.71. The Balaban J connectivity index is 1.97. The highest BCUT2D eigenvalue weighted by atomic mass is 32.1. The normalized spacial score (nSPS) is 16.0. The summed E-state index contributed by atoms with van der Waals surface area (Å²) >= 11 is 1.45. The summed E-state index contributed by atoms with van der Waals surface area (Å²) in [6.45, 7) is 11.9. The second kappa shape index (κ2) is 6.80. The molecule has 0 aromatic carbocycles.